The van der Waals surface area contributed by atoms with Crippen molar-refractivity contribution in [1.82, 2.24) is 0 Å². The van der Waals surface area contributed by atoms with Gasteiger partial charge in [-0.05, 0) is 23.8 Å². The third kappa shape index (κ3) is 2.96. The van der Waals surface area contributed by atoms with E-state index in [9.17, 15) is 9.59 Å². The minimum atomic E-state index is -0.806. The molecule has 0 N–H and O–H groups in total. The van der Waals surface area contributed by atoms with E-state index in [1.165, 1.54) is 7.11 Å². The topological polar surface area (TPSA) is 43.4 Å². The molecule has 20 heavy (non-hydrogen) atoms. The lowest BCUT2D eigenvalue weighted by atomic mass is 9.92. The Hall–Kier alpha value is -1.94. The van der Waals surface area contributed by atoms with E-state index >= 15 is 0 Å². The quantitative estimate of drug-likeness (QED) is 0.477. The van der Waals surface area contributed by atoms with E-state index in [-0.39, 0.29) is 5.78 Å². The Labute approximate surface area is 125 Å². The van der Waals surface area contributed by atoms with Gasteiger partial charge in [0.25, 0.3) is 0 Å². The van der Waals surface area contributed by atoms with Gasteiger partial charge in [0, 0.05) is 10.0 Å². The second kappa shape index (κ2) is 6.48. The molecule has 0 aliphatic carbocycles. The molecule has 0 heterocycles. The van der Waals surface area contributed by atoms with Gasteiger partial charge in [-0.15, -0.1) is 0 Å². The molecule has 0 saturated carbocycles. The summed E-state index contributed by atoms with van der Waals surface area (Å²) in [6.45, 7) is 0. The van der Waals surface area contributed by atoms with Crippen LogP contribution >= 0.6 is 15.9 Å². The molecule has 0 aliphatic rings. The first-order valence-corrected chi connectivity index (χ1v) is 6.84. The van der Waals surface area contributed by atoms with E-state index in [1.54, 1.807) is 42.5 Å². The van der Waals surface area contributed by atoms with Gasteiger partial charge < -0.3 is 9.53 Å². The lowest BCUT2D eigenvalue weighted by Gasteiger charge is -2.12. The molecule has 0 aliphatic heterocycles. The number of methoxy groups -OCH3 is 1. The highest BCUT2D eigenvalue weighted by Crippen LogP contribution is 2.27. The molecule has 1 unspecified atom stereocenters. The molecule has 2 aromatic rings. The van der Waals surface area contributed by atoms with E-state index in [0.29, 0.717) is 27.6 Å². The Bertz CT molecular complexity index is 623. The number of carbonyl (C=O) groups excluding carboxylic acids is 2. The van der Waals surface area contributed by atoms with Gasteiger partial charge in [-0.2, -0.15) is 0 Å². The minimum absolute atomic E-state index is 0.253. The summed E-state index contributed by atoms with van der Waals surface area (Å²) in [6.07, 6.45) is 0.670. The summed E-state index contributed by atoms with van der Waals surface area (Å²) < 4.78 is 5.76. The normalized spacial score (nSPS) is 11.7. The highest BCUT2D eigenvalue weighted by Gasteiger charge is 2.23. The maximum absolute atomic E-state index is 12.5. The Morgan fingerprint density at radius 2 is 1.90 bits per heavy atom. The van der Waals surface area contributed by atoms with E-state index < -0.39 is 5.92 Å². The lowest BCUT2D eigenvalue weighted by molar-refractivity contribution is -0.108. The van der Waals surface area contributed by atoms with Crippen LogP contribution in [-0.4, -0.2) is 19.2 Å². The third-order valence-electron chi connectivity index (χ3n) is 3.02. The molecular weight excluding hydrogens is 320 g/mol. The molecular formula is C16H13BrO3. The number of aldehydes is 1. The highest BCUT2D eigenvalue weighted by atomic mass is 79.9. The summed E-state index contributed by atoms with van der Waals surface area (Å²) in [5.41, 5.74) is 1.12. The Balaban J connectivity index is 2.41. The monoisotopic (exact) mass is 332 g/mol. The number of Topliss-reactive ketones (excluding diaryl/α,β-unsaturated/α-hetero) is 1. The highest BCUT2D eigenvalue weighted by molar-refractivity contribution is 9.10. The van der Waals surface area contributed by atoms with Crippen LogP contribution in [0, 0.1) is 0 Å². The van der Waals surface area contributed by atoms with E-state index in [2.05, 4.69) is 15.9 Å². The molecule has 1 atom stereocenters. The molecule has 0 spiro atoms. The van der Waals surface area contributed by atoms with Crippen molar-refractivity contribution in [2.75, 3.05) is 7.11 Å². The summed E-state index contributed by atoms with van der Waals surface area (Å²) >= 11 is 3.34. The van der Waals surface area contributed by atoms with Crippen molar-refractivity contribution in [1.29, 1.82) is 0 Å². The van der Waals surface area contributed by atoms with Crippen LogP contribution in [0.3, 0.4) is 0 Å². The summed E-state index contributed by atoms with van der Waals surface area (Å²) in [7, 11) is 1.53. The molecule has 0 fully saturated rings. The van der Waals surface area contributed by atoms with Gasteiger partial charge in [0.1, 0.15) is 18.0 Å². The molecule has 0 radical (unpaired) electrons. The fourth-order valence-corrected chi connectivity index (χ4v) is 2.38. The van der Waals surface area contributed by atoms with Gasteiger partial charge in [0.15, 0.2) is 5.78 Å². The first kappa shape index (κ1) is 14.5. The molecule has 102 valence electrons. The summed E-state index contributed by atoms with van der Waals surface area (Å²) in [5.74, 6) is -0.481. The molecule has 4 heteroatoms. The zero-order chi connectivity index (χ0) is 14.5. The second-order valence-corrected chi connectivity index (χ2v) is 5.09. The Kier molecular flexibility index (Phi) is 4.69. The fraction of sp³-hybridized carbons (Fsp3) is 0.125. The van der Waals surface area contributed by atoms with E-state index in [0.717, 1.165) is 0 Å². The number of halogens is 1. The van der Waals surface area contributed by atoms with Gasteiger partial charge in [-0.25, -0.2) is 0 Å². The standard InChI is InChI=1S/C16H13BrO3/c1-20-12-7-8-15(17)13(9-12)16(19)14(10-18)11-5-3-2-4-6-11/h2-10,14H,1H3. The number of benzene rings is 2. The number of ketones is 1. The second-order valence-electron chi connectivity index (χ2n) is 4.23. The molecule has 0 aromatic heterocycles. The van der Waals surface area contributed by atoms with Crippen molar-refractivity contribution in [3.8, 4) is 5.75 Å². The van der Waals surface area contributed by atoms with Gasteiger partial charge in [0.05, 0.1) is 7.11 Å². The lowest BCUT2D eigenvalue weighted by Crippen LogP contribution is -2.15. The van der Waals surface area contributed by atoms with Crippen molar-refractivity contribution >= 4 is 28.0 Å². The largest absolute Gasteiger partial charge is 0.497 e. The summed E-state index contributed by atoms with van der Waals surface area (Å²) in [6, 6.07) is 14.1. The van der Waals surface area contributed by atoms with E-state index in [4.69, 9.17) is 4.74 Å². The predicted octanol–water partition coefficient (Wildman–Crippen LogP) is 3.62. The van der Waals surface area contributed by atoms with Gasteiger partial charge in [0.2, 0.25) is 0 Å². The molecule has 0 saturated heterocycles. The zero-order valence-corrected chi connectivity index (χ0v) is 12.5. The average molecular weight is 333 g/mol. The van der Waals surface area contributed by atoms with Crippen LogP contribution in [0.4, 0.5) is 0 Å². The number of hydrogen-bond acceptors (Lipinski definition) is 3. The SMILES string of the molecule is COc1ccc(Br)c(C(=O)C(C=O)c2ccccc2)c1. The smallest absolute Gasteiger partial charge is 0.178 e. The van der Waals surface area contributed by atoms with Crippen molar-refractivity contribution in [3.63, 3.8) is 0 Å². The molecule has 2 rings (SSSR count). The van der Waals surface area contributed by atoms with E-state index in [1.807, 2.05) is 6.07 Å². The van der Waals surface area contributed by atoms with Crippen LogP contribution in [0.5, 0.6) is 5.75 Å². The minimum Gasteiger partial charge on any atom is -0.497 e. The predicted molar refractivity (Wildman–Crippen MR) is 80.3 cm³/mol. The summed E-state index contributed by atoms with van der Waals surface area (Å²) in [5, 5.41) is 0. The van der Waals surface area contributed by atoms with Crippen LogP contribution in [0.1, 0.15) is 21.8 Å². The van der Waals surface area contributed by atoms with Crippen LogP contribution in [0.25, 0.3) is 0 Å². The van der Waals surface area contributed by atoms with Crippen LogP contribution in [-0.2, 0) is 4.79 Å². The number of hydrogen-bond donors (Lipinski definition) is 0. The molecule has 0 bridgehead atoms. The van der Waals surface area contributed by atoms with Crippen LogP contribution in [0.2, 0.25) is 0 Å². The third-order valence-corrected chi connectivity index (χ3v) is 3.71. The molecule has 3 nitrogen and oxygen atoms in total. The number of carbonyl (C=O) groups is 2. The van der Waals surface area contributed by atoms with Crippen LogP contribution in [0.15, 0.2) is 53.0 Å². The number of ether oxygens (including phenoxy) is 1. The van der Waals surface area contributed by atoms with Crippen molar-refractivity contribution in [2.24, 2.45) is 0 Å². The summed E-state index contributed by atoms with van der Waals surface area (Å²) in [4.78, 5) is 23.9. The first-order chi connectivity index (χ1) is 9.67. The maximum Gasteiger partial charge on any atom is 0.178 e. The zero-order valence-electron chi connectivity index (χ0n) is 10.9. The van der Waals surface area contributed by atoms with Gasteiger partial charge >= 0.3 is 0 Å². The van der Waals surface area contributed by atoms with Gasteiger partial charge in [-0.3, -0.25) is 4.79 Å². The van der Waals surface area contributed by atoms with Crippen LogP contribution < -0.4 is 4.74 Å². The number of rotatable bonds is 5. The van der Waals surface area contributed by atoms with Gasteiger partial charge in [-0.1, -0.05) is 46.3 Å². The average Bonchev–Trinajstić information content (AvgIpc) is 2.49. The van der Waals surface area contributed by atoms with Crippen molar-refractivity contribution in [3.05, 3.63) is 64.1 Å². The van der Waals surface area contributed by atoms with Crippen molar-refractivity contribution < 1.29 is 14.3 Å². The Morgan fingerprint density at radius 3 is 2.50 bits per heavy atom. The molecule has 2 aromatic carbocycles. The fourth-order valence-electron chi connectivity index (χ4n) is 1.94. The first-order valence-electron chi connectivity index (χ1n) is 6.05. The molecule has 0 amide bonds. The Morgan fingerprint density at radius 1 is 1.20 bits per heavy atom. The van der Waals surface area contributed by atoms with Crippen molar-refractivity contribution in [2.45, 2.75) is 5.92 Å². The maximum atomic E-state index is 12.5.